The Morgan fingerprint density at radius 3 is 2.48 bits per heavy atom. The van der Waals surface area contributed by atoms with Gasteiger partial charge in [0, 0.05) is 7.05 Å². The molecule has 0 bridgehead atoms. The van der Waals surface area contributed by atoms with Gasteiger partial charge in [0.15, 0.2) is 11.7 Å². The third-order valence-corrected chi connectivity index (χ3v) is 4.93. The summed E-state index contributed by atoms with van der Waals surface area (Å²) in [5.74, 6) is -0.765. The van der Waals surface area contributed by atoms with Gasteiger partial charge >= 0.3 is 0 Å². The van der Waals surface area contributed by atoms with Crippen molar-refractivity contribution in [3.8, 4) is 17.2 Å². The highest BCUT2D eigenvalue weighted by atomic mass is 16.1. The molecule has 0 aliphatic carbocycles. The van der Waals surface area contributed by atoms with Gasteiger partial charge < -0.3 is 4.57 Å². The molecule has 0 N–H and O–H groups in total. The molecule has 0 saturated carbocycles. The molecule has 0 radical (unpaired) electrons. The predicted molar refractivity (Wildman–Crippen MR) is 115 cm³/mol. The van der Waals surface area contributed by atoms with Crippen LogP contribution in [-0.2, 0) is 11.8 Å². The van der Waals surface area contributed by atoms with Crippen LogP contribution in [0, 0.1) is 11.3 Å². The van der Waals surface area contributed by atoms with Gasteiger partial charge in [-0.05, 0) is 41.0 Å². The van der Waals surface area contributed by atoms with Gasteiger partial charge in [0.25, 0.3) is 0 Å². The summed E-state index contributed by atoms with van der Waals surface area (Å²) in [5, 5.41) is 9.63. The van der Waals surface area contributed by atoms with E-state index in [1.165, 1.54) is 6.08 Å². The number of benzene rings is 3. The molecular formula is C25H19N3O. The van der Waals surface area contributed by atoms with E-state index in [-0.39, 0.29) is 5.78 Å². The van der Waals surface area contributed by atoms with E-state index in [0.717, 1.165) is 27.7 Å². The van der Waals surface area contributed by atoms with Crippen molar-refractivity contribution in [1.82, 2.24) is 9.55 Å². The van der Waals surface area contributed by atoms with E-state index < -0.39 is 5.92 Å². The Labute approximate surface area is 169 Å². The lowest BCUT2D eigenvalue weighted by molar-refractivity contribution is -0.115. The number of hydrogen-bond donors (Lipinski definition) is 0. The maximum absolute atomic E-state index is 12.8. The smallest absolute Gasteiger partial charge is 0.180 e. The average molecular weight is 377 g/mol. The molecule has 4 rings (SSSR count). The zero-order valence-corrected chi connectivity index (χ0v) is 16.0. The predicted octanol–water partition coefficient (Wildman–Crippen LogP) is 5.13. The molecule has 4 nitrogen and oxygen atoms in total. The van der Waals surface area contributed by atoms with E-state index in [9.17, 15) is 10.1 Å². The topological polar surface area (TPSA) is 58.7 Å². The second-order valence-electron chi connectivity index (χ2n) is 6.81. The lowest BCUT2D eigenvalue weighted by Gasteiger charge is -2.06. The number of aromatic nitrogens is 2. The van der Waals surface area contributed by atoms with Crippen molar-refractivity contribution in [2.75, 3.05) is 0 Å². The first-order chi connectivity index (χ1) is 14.2. The number of carbonyl (C=O) groups is 1. The second-order valence-corrected chi connectivity index (χ2v) is 6.81. The van der Waals surface area contributed by atoms with E-state index >= 15 is 0 Å². The Bertz CT molecular complexity index is 1250. The lowest BCUT2D eigenvalue weighted by atomic mass is 10.0. The number of imidazole rings is 1. The molecule has 0 aliphatic heterocycles. The molecule has 4 heteroatoms. The number of fused-ring (bicyclic) bond motifs is 1. The molecule has 1 heterocycles. The van der Waals surface area contributed by atoms with E-state index in [0.29, 0.717) is 5.82 Å². The summed E-state index contributed by atoms with van der Waals surface area (Å²) in [5.41, 5.74) is 4.77. The molecule has 0 aliphatic rings. The first-order valence-corrected chi connectivity index (χ1v) is 9.36. The number of ketones is 1. The van der Waals surface area contributed by atoms with E-state index in [4.69, 9.17) is 0 Å². The van der Waals surface area contributed by atoms with Gasteiger partial charge in [-0.25, -0.2) is 4.98 Å². The van der Waals surface area contributed by atoms with Crippen LogP contribution in [0.2, 0.25) is 0 Å². The van der Waals surface area contributed by atoms with E-state index in [1.807, 2.05) is 90.5 Å². The number of allylic oxidation sites excluding steroid dienone is 1. The Hall–Kier alpha value is -3.97. The average Bonchev–Trinajstić information content (AvgIpc) is 3.10. The first kappa shape index (κ1) is 18.4. The number of nitriles is 1. The van der Waals surface area contributed by atoms with Gasteiger partial charge in [-0.2, -0.15) is 5.26 Å². The minimum atomic E-state index is -0.944. The number of carbonyl (C=O) groups excluding carboxylic acids is 1. The van der Waals surface area contributed by atoms with Crippen molar-refractivity contribution in [1.29, 1.82) is 5.26 Å². The summed E-state index contributed by atoms with van der Waals surface area (Å²) in [4.78, 5) is 17.3. The van der Waals surface area contributed by atoms with Gasteiger partial charge in [-0.15, -0.1) is 0 Å². The van der Waals surface area contributed by atoms with Gasteiger partial charge in [-0.3, -0.25) is 4.79 Å². The number of rotatable bonds is 5. The Balaban J connectivity index is 1.60. The fraction of sp³-hybridized carbons (Fsp3) is 0.0800. The minimum absolute atomic E-state index is 0.281. The lowest BCUT2D eigenvalue weighted by Crippen LogP contribution is -2.13. The Morgan fingerprint density at radius 1 is 1.00 bits per heavy atom. The summed E-state index contributed by atoms with van der Waals surface area (Å²) in [6, 6.07) is 27.7. The molecule has 0 saturated heterocycles. The highest BCUT2D eigenvalue weighted by Gasteiger charge is 2.23. The standard InChI is InChI=1S/C25H19N3O/c1-28-23-13-6-5-12-22(23)27-25(28)21(17-26)24(29)15-14-18-8-7-11-20(16-18)19-9-3-2-4-10-19/h2-16,21H,1H3/b15-14+. The van der Waals surface area contributed by atoms with Crippen LogP contribution in [0.25, 0.3) is 28.2 Å². The maximum atomic E-state index is 12.8. The monoisotopic (exact) mass is 377 g/mol. The van der Waals surface area contributed by atoms with E-state index in [2.05, 4.69) is 11.1 Å². The maximum Gasteiger partial charge on any atom is 0.180 e. The fourth-order valence-corrected chi connectivity index (χ4v) is 3.40. The molecule has 1 unspecified atom stereocenters. The van der Waals surface area contributed by atoms with Crippen LogP contribution in [0.3, 0.4) is 0 Å². The largest absolute Gasteiger partial charge is 0.330 e. The summed E-state index contributed by atoms with van der Waals surface area (Å²) in [6.07, 6.45) is 3.22. The van der Waals surface area contributed by atoms with Crippen LogP contribution in [-0.4, -0.2) is 15.3 Å². The molecule has 4 aromatic rings. The quantitative estimate of drug-likeness (QED) is 0.453. The third kappa shape index (κ3) is 3.71. The zero-order chi connectivity index (χ0) is 20.2. The summed E-state index contributed by atoms with van der Waals surface area (Å²) < 4.78 is 1.81. The van der Waals surface area contributed by atoms with Crippen LogP contribution in [0.5, 0.6) is 0 Å². The highest BCUT2D eigenvalue weighted by molar-refractivity contribution is 6.00. The van der Waals surface area contributed by atoms with Crippen molar-refractivity contribution in [3.63, 3.8) is 0 Å². The second kappa shape index (κ2) is 7.95. The van der Waals surface area contributed by atoms with Gasteiger partial charge in [0.05, 0.1) is 17.1 Å². The molecular weight excluding hydrogens is 358 g/mol. The number of hydrogen-bond acceptors (Lipinski definition) is 3. The molecule has 1 aromatic heterocycles. The molecule has 1 atom stereocenters. The molecule has 0 spiro atoms. The van der Waals surface area contributed by atoms with Crippen molar-refractivity contribution in [3.05, 3.63) is 96.3 Å². The number of para-hydroxylation sites is 2. The Morgan fingerprint density at radius 2 is 1.72 bits per heavy atom. The van der Waals surface area contributed by atoms with Crippen molar-refractivity contribution >= 4 is 22.9 Å². The minimum Gasteiger partial charge on any atom is -0.330 e. The van der Waals surface area contributed by atoms with Crippen LogP contribution in [0.4, 0.5) is 0 Å². The van der Waals surface area contributed by atoms with Crippen LogP contribution < -0.4 is 0 Å². The summed E-state index contributed by atoms with van der Waals surface area (Å²) in [6.45, 7) is 0. The van der Waals surface area contributed by atoms with Gasteiger partial charge in [0.2, 0.25) is 0 Å². The molecule has 140 valence electrons. The van der Waals surface area contributed by atoms with E-state index in [1.54, 1.807) is 6.08 Å². The molecule has 0 fully saturated rings. The van der Waals surface area contributed by atoms with Gasteiger partial charge in [-0.1, -0.05) is 66.7 Å². The first-order valence-electron chi connectivity index (χ1n) is 9.36. The molecule has 29 heavy (non-hydrogen) atoms. The molecule has 0 amide bonds. The Kier molecular flexibility index (Phi) is 5.05. The number of nitrogens with zero attached hydrogens (tertiary/aromatic N) is 3. The third-order valence-electron chi connectivity index (χ3n) is 4.93. The van der Waals surface area contributed by atoms with Crippen molar-refractivity contribution in [2.45, 2.75) is 5.92 Å². The van der Waals surface area contributed by atoms with Gasteiger partial charge in [0.1, 0.15) is 5.82 Å². The normalized spacial score (nSPS) is 12.1. The zero-order valence-electron chi connectivity index (χ0n) is 16.0. The fourth-order valence-electron chi connectivity index (χ4n) is 3.40. The van der Waals surface area contributed by atoms with Crippen LogP contribution in [0.1, 0.15) is 17.3 Å². The van der Waals surface area contributed by atoms with Crippen LogP contribution >= 0.6 is 0 Å². The number of aryl methyl sites for hydroxylation is 1. The summed E-state index contributed by atoms with van der Waals surface area (Å²) >= 11 is 0. The summed E-state index contributed by atoms with van der Waals surface area (Å²) in [7, 11) is 1.83. The van der Waals surface area contributed by atoms with Crippen molar-refractivity contribution in [2.24, 2.45) is 7.05 Å². The highest BCUT2D eigenvalue weighted by Crippen LogP contribution is 2.23. The van der Waals surface area contributed by atoms with Crippen molar-refractivity contribution < 1.29 is 4.79 Å². The SMILES string of the molecule is Cn1c(C(C#N)C(=O)/C=C/c2cccc(-c3ccccc3)c2)nc2ccccc21. The molecule has 3 aromatic carbocycles. The van der Waals surface area contributed by atoms with Crippen LogP contribution in [0.15, 0.2) is 84.9 Å².